The number of likely N-dealkylation sites (N-methyl/N-ethyl adjacent to an activating group) is 2. The van der Waals surface area contributed by atoms with Gasteiger partial charge in [0.15, 0.2) is 0 Å². The smallest absolute Gasteiger partial charge is 0.327 e. The van der Waals surface area contributed by atoms with Crippen molar-refractivity contribution < 1.29 is 18.8 Å². The molecule has 140 valence electrons. The Morgan fingerprint density at radius 3 is 2.58 bits per heavy atom. The molecule has 0 bridgehead atoms. The molecule has 1 saturated heterocycles. The summed E-state index contributed by atoms with van der Waals surface area (Å²) in [7, 11) is 3.23. The maximum Gasteiger partial charge on any atom is 0.327 e. The molecule has 0 radical (unpaired) electrons. The molecule has 6 nitrogen and oxygen atoms in total. The molecule has 4 amide bonds. The van der Waals surface area contributed by atoms with Crippen molar-refractivity contribution in [3.63, 3.8) is 0 Å². The Morgan fingerprint density at radius 2 is 1.92 bits per heavy atom. The summed E-state index contributed by atoms with van der Waals surface area (Å²) in [5, 5.41) is 0. The van der Waals surface area contributed by atoms with Crippen molar-refractivity contribution in [2.75, 3.05) is 20.6 Å². The third kappa shape index (κ3) is 3.18. The fraction of sp³-hybridized carbons (Fsp3) is 0.526. The van der Waals surface area contributed by atoms with Crippen molar-refractivity contribution in [1.82, 2.24) is 14.7 Å². The summed E-state index contributed by atoms with van der Waals surface area (Å²) in [6.45, 7) is -0.0661. The van der Waals surface area contributed by atoms with Gasteiger partial charge in [-0.05, 0) is 30.5 Å². The van der Waals surface area contributed by atoms with Crippen molar-refractivity contribution in [2.45, 2.75) is 44.2 Å². The molecular formula is C19H24FN3O3. The summed E-state index contributed by atoms with van der Waals surface area (Å²) in [5.41, 5.74) is -0.127. The van der Waals surface area contributed by atoms with E-state index in [4.69, 9.17) is 0 Å². The van der Waals surface area contributed by atoms with E-state index in [-0.39, 0.29) is 30.7 Å². The molecule has 1 aromatic rings. The van der Waals surface area contributed by atoms with Gasteiger partial charge in [0.05, 0.1) is 0 Å². The first-order valence-corrected chi connectivity index (χ1v) is 8.93. The number of imide groups is 1. The molecule has 0 N–H and O–H groups in total. The molecule has 1 aromatic carbocycles. The van der Waals surface area contributed by atoms with E-state index in [9.17, 15) is 18.8 Å². The van der Waals surface area contributed by atoms with Crippen molar-refractivity contribution in [2.24, 2.45) is 0 Å². The average molecular weight is 361 g/mol. The minimum absolute atomic E-state index is 0.216. The Bertz CT molecular complexity index is 730. The fourth-order valence-electron chi connectivity index (χ4n) is 3.92. The number of rotatable bonds is 4. The van der Waals surface area contributed by atoms with Gasteiger partial charge in [-0.25, -0.2) is 9.18 Å². The highest BCUT2D eigenvalue weighted by Crippen LogP contribution is 2.39. The van der Waals surface area contributed by atoms with Crippen LogP contribution in [-0.2, 0) is 16.1 Å². The number of amides is 4. The van der Waals surface area contributed by atoms with E-state index in [1.165, 1.54) is 21.9 Å². The molecule has 0 unspecified atom stereocenters. The van der Waals surface area contributed by atoms with Gasteiger partial charge in [-0.2, -0.15) is 0 Å². The van der Waals surface area contributed by atoms with Gasteiger partial charge < -0.3 is 9.80 Å². The maximum absolute atomic E-state index is 13.3. The first-order valence-electron chi connectivity index (χ1n) is 8.93. The Labute approximate surface area is 152 Å². The average Bonchev–Trinajstić information content (AvgIpc) is 2.79. The molecule has 1 saturated carbocycles. The minimum Gasteiger partial charge on any atom is -0.340 e. The van der Waals surface area contributed by atoms with Crippen LogP contribution in [0, 0.1) is 5.82 Å². The highest BCUT2D eigenvalue weighted by molar-refractivity contribution is 6.08. The van der Waals surface area contributed by atoms with Crippen LogP contribution in [0.5, 0.6) is 0 Å². The number of nitrogens with zero attached hydrogens (tertiary/aromatic N) is 3. The van der Waals surface area contributed by atoms with Crippen LogP contribution >= 0.6 is 0 Å². The summed E-state index contributed by atoms with van der Waals surface area (Å²) < 4.78 is 13.3. The summed E-state index contributed by atoms with van der Waals surface area (Å²) in [5.74, 6) is -0.983. The fourth-order valence-corrected chi connectivity index (χ4v) is 3.92. The van der Waals surface area contributed by atoms with E-state index in [0.29, 0.717) is 18.4 Å². The Kier molecular flexibility index (Phi) is 4.98. The van der Waals surface area contributed by atoms with E-state index in [0.717, 1.165) is 24.2 Å². The van der Waals surface area contributed by atoms with Crippen LogP contribution in [0.4, 0.5) is 9.18 Å². The second-order valence-corrected chi connectivity index (χ2v) is 7.20. The van der Waals surface area contributed by atoms with Gasteiger partial charge in [-0.15, -0.1) is 0 Å². The topological polar surface area (TPSA) is 60.9 Å². The molecule has 26 heavy (non-hydrogen) atoms. The highest BCUT2D eigenvalue weighted by atomic mass is 19.1. The molecule has 1 aliphatic heterocycles. The molecule has 1 heterocycles. The third-order valence-corrected chi connectivity index (χ3v) is 5.51. The number of carbonyl (C=O) groups excluding carboxylic acids is 3. The zero-order valence-electron chi connectivity index (χ0n) is 15.2. The van der Waals surface area contributed by atoms with Crippen LogP contribution in [0.3, 0.4) is 0 Å². The lowest BCUT2D eigenvalue weighted by atomic mass is 9.81. The molecule has 2 fully saturated rings. The largest absolute Gasteiger partial charge is 0.340 e. The first-order chi connectivity index (χ1) is 12.3. The summed E-state index contributed by atoms with van der Waals surface area (Å²) >= 11 is 0. The lowest BCUT2D eigenvalue weighted by molar-refractivity contribution is -0.140. The van der Waals surface area contributed by atoms with Crippen molar-refractivity contribution in [3.05, 3.63) is 35.6 Å². The van der Waals surface area contributed by atoms with Crippen LogP contribution in [-0.4, -0.2) is 58.7 Å². The molecule has 3 rings (SSSR count). The van der Waals surface area contributed by atoms with Crippen molar-refractivity contribution in [1.29, 1.82) is 0 Å². The van der Waals surface area contributed by atoms with Gasteiger partial charge in [0.1, 0.15) is 17.9 Å². The molecule has 7 heteroatoms. The van der Waals surface area contributed by atoms with Gasteiger partial charge in [0.2, 0.25) is 5.91 Å². The minimum atomic E-state index is -0.781. The van der Waals surface area contributed by atoms with Gasteiger partial charge in [0.25, 0.3) is 5.91 Å². The predicted octanol–water partition coefficient (Wildman–Crippen LogP) is 2.38. The van der Waals surface area contributed by atoms with Gasteiger partial charge in [-0.3, -0.25) is 14.5 Å². The Hall–Kier alpha value is -2.44. The van der Waals surface area contributed by atoms with Crippen LogP contribution in [0.2, 0.25) is 0 Å². The van der Waals surface area contributed by atoms with E-state index in [1.54, 1.807) is 26.2 Å². The Morgan fingerprint density at radius 1 is 1.23 bits per heavy atom. The van der Waals surface area contributed by atoms with Crippen LogP contribution in [0.25, 0.3) is 0 Å². The number of benzene rings is 1. The summed E-state index contributed by atoms with van der Waals surface area (Å²) in [6.07, 6.45) is 4.18. The van der Waals surface area contributed by atoms with Crippen LogP contribution < -0.4 is 0 Å². The Balaban J connectivity index is 1.68. The quantitative estimate of drug-likeness (QED) is 0.774. The van der Waals surface area contributed by atoms with E-state index < -0.39 is 11.6 Å². The number of urea groups is 1. The molecule has 1 aliphatic carbocycles. The van der Waals surface area contributed by atoms with Crippen LogP contribution in [0.15, 0.2) is 24.3 Å². The van der Waals surface area contributed by atoms with Crippen molar-refractivity contribution in [3.8, 4) is 0 Å². The maximum atomic E-state index is 13.3. The van der Waals surface area contributed by atoms with Crippen LogP contribution in [0.1, 0.15) is 37.7 Å². The third-order valence-electron chi connectivity index (χ3n) is 5.51. The van der Waals surface area contributed by atoms with E-state index in [2.05, 4.69) is 0 Å². The van der Waals surface area contributed by atoms with Gasteiger partial charge >= 0.3 is 6.03 Å². The monoisotopic (exact) mass is 361 g/mol. The zero-order chi connectivity index (χ0) is 18.9. The number of carbonyl (C=O) groups is 3. The molecule has 1 spiro atoms. The second kappa shape index (κ2) is 7.05. The zero-order valence-corrected chi connectivity index (χ0v) is 15.2. The highest BCUT2D eigenvalue weighted by Gasteiger charge is 2.55. The lowest BCUT2D eigenvalue weighted by Gasteiger charge is -2.35. The van der Waals surface area contributed by atoms with E-state index in [1.807, 2.05) is 0 Å². The molecular weight excluding hydrogens is 337 g/mol. The van der Waals surface area contributed by atoms with E-state index >= 15 is 0 Å². The normalized spacial score (nSPS) is 19.3. The molecule has 0 atom stereocenters. The number of halogens is 1. The SMILES string of the molecule is CN(Cc1cccc(F)c1)C(=O)CN1C(=O)N(C)C2(CCCCC2)C1=O. The standard InChI is InChI=1S/C19H24FN3O3/c1-21(12-14-7-6-8-15(20)11-14)16(24)13-23-17(25)19(22(2)18(23)26)9-4-3-5-10-19/h6-8,11H,3-5,9-10,12-13H2,1-2H3. The molecule has 2 aliphatic rings. The first kappa shape index (κ1) is 18.4. The number of hydrogen-bond acceptors (Lipinski definition) is 3. The van der Waals surface area contributed by atoms with Gasteiger partial charge in [-0.1, -0.05) is 31.4 Å². The predicted molar refractivity (Wildman–Crippen MR) is 93.6 cm³/mol. The number of hydrogen-bond donors (Lipinski definition) is 0. The lowest BCUT2D eigenvalue weighted by Crippen LogP contribution is -2.49. The summed E-state index contributed by atoms with van der Waals surface area (Å²) in [4.78, 5) is 42.0. The summed E-state index contributed by atoms with van der Waals surface area (Å²) in [6, 6.07) is 5.60. The molecule has 0 aromatic heterocycles. The van der Waals surface area contributed by atoms with Crippen molar-refractivity contribution >= 4 is 17.8 Å². The van der Waals surface area contributed by atoms with Gasteiger partial charge in [0, 0.05) is 20.6 Å². The second-order valence-electron chi connectivity index (χ2n) is 7.20.